The van der Waals surface area contributed by atoms with Crippen molar-refractivity contribution in [1.82, 2.24) is 4.90 Å². The molecular weight excluding hydrogens is 510 g/mol. The first-order valence-corrected chi connectivity index (χ1v) is 14.2. The molecule has 2 heterocycles. The van der Waals surface area contributed by atoms with Crippen LogP contribution in [0.5, 0.6) is 0 Å². The number of fused-ring (bicyclic) bond motifs is 1. The van der Waals surface area contributed by atoms with Crippen molar-refractivity contribution in [3.63, 3.8) is 0 Å². The normalized spacial score (nSPS) is 18.5. The fourth-order valence-electron chi connectivity index (χ4n) is 6.30. The second-order valence-electron chi connectivity index (χ2n) is 11.1. The molecule has 4 aromatic rings. The van der Waals surface area contributed by atoms with E-state index < -0.39 is 5.41 Å². The Balaban J connectivity index is 1.22. The van der Waals surface area contributed by atoms with Gasteiger partial charge in [-0.1, -0.05) is 66.7 Å². The van der Waals surface area contributed by atoms with Gasteiger partial charge in [0.2, 0.25) is 5.91 Å². The zero-order valence-electron chi connectivity index (χ0n) is 23.2. The van der Waals surface area contributed by atoms with Crippen molar-refractivity contribution in [2.24, 2.45) is 5.41 Å². The summed E-state index contributed by atoms with van der Waals surface area (Å²) in [5.74, 6) is -0.141. The number of carbonyl (C=O) groups is 3. The number of anilines is 2. The number of nitrogens with one attached hydrogen (secondary N) is 1. The lowest BCUT2D eigenvalue weighted by Crippen LogP contribution is -2.48. The van der Waals surface area contributed by atoms with Gasteiger partial charge in [-0.25, -0.2) is 0 Å². The zero-order valence-corrected chi connectivity index (χ0v) is 23.2. The Morgan fingerprint density at radius 3 is 2.29 bits per heavy atom. The third-order valence-corrected chi connectivity index (χ3v) is 8.47. The predicted octanol–water partition coefficient (Wildman–Crippen LogP) is 6.44. The molecule has 1 fully saturated rings. The molecule has 4 aromatic carbocycles. The standard InChI is InChI=1S/C35H33N3O3/c1-37-22-9-20-35(34(37)41)21-23-38(31-15-8-5-12-27(31)24-35)33(40)26-16-18-28(19-17-26)36-32(39)30-14-7-6-13-29(30)25-10-3-2-4-11-25/h2-8,10-19H,9,20-24H2,1H3,(H,36,39). The number of hydrogen-bond acceptors (Lipinski definition) is 3. The summed E-state index contributed by atoms with van der Waals surface area (Å²) < 4.78 is 0. The summed E-state index contributed by atoms with van der Waals surface area (Å²) in [7, 11) is 1.88. The van der Waals surface area contributed by atoms with Crippen LogP contribution >= 0.6 is 0 Å². The van der Waals surface area contributed by atoms with Gasteiger partial charge < -0.3 is 15.1 Å². The Bertz CT molecular complexity index is 1600. The number of piperidine rings is 1. The molecular formula is C35H33N3O3. The van der Waals surface area contributed by atoms with E-state index in [1.54, 1.807) is 24.3 Å². The number of nitrogens with zero attached hydrogens (tertiary/aromatic N) is 2. The smallest absolute Gasteiger partial charge is 0.258 e. The number of likely N-dealkylation sites (tertiary alicyclic amines) is 1. The molecule has 1 atom stereocenters. The minimum absolute atomic E-state index is 0.113. The molecule has 0 aliphatic carbocycles. The number of carbonyl (C=O) groups excluding carboxylic acids is 3. The molecule has 6 heteroatoms. The Labute approximate surface area is 240 Å². The number of para-hydroxylation sites is 1. The summed E-state index contributed by atoms with van der Waals surface area (Å²) in [5.41, 5.74) is 4.98. The maximum atomic E-state index is 13.8. The summed E-state index contributed by atoms with van der Waals surface area (Å²) in [6.07, 6.45) is 3.09. The monoisotopic (exact) mass is 543 g/mol. The molecule has 41 heavy (non-hydrogen) atoms. The molecule has 0 aromatic heterocycles. The van der Waals surface area contributed by atoms with Gasteiger partial charge in [-0.3, -0.25) is 14.4 Å². The summed E-state index contributed by atoms with van der Waals surface area (Å²) in [4.78, 5) is 44.0. The Morgan fingerprint density at radius 2 is 1.49 bits per heavy atom. The number of amides is 3. The molecule has 2 aliphatic rings. The lowest BCUT2D eigenvalue weighted by Gasteiger charge is -2.39. The number of benzene rings is 4. The van der Waals surface area contributed by atoms with Crippen LogP contribution in [0.2, 0.25) is 0 Å². The van der Waals surface area contributed by atoms with Gasteiger partial charge in [-0.05, 0) is 78.8 Å². The summed E-state index contributed by atoms with van der Waals surface area (Å²) in [5, 5.41) is 2.98. The first-order chi connectivity index (χ1) is 19.9. The van der Waals surface area contributed by atoms with E-state index in [1.807, 2.05) is 95.7 Å². The minimum Gasteiger partial charge on any atom is -0.345 e. The SMILES string of the molecule is CN1CCCC2(CCN(C(=O)c3ccc(NC(=O)c4ccccc4-c4ccccc4)cc3)c3ccccc3C2)C1=O. The van der Waals surface area contributed by atoms with E-state index in [4.69, 9.17) is 0 Å². The summed E-state index contributed by atoms with van der Waals surface area (Å²) in [6, 6.07) is 32.3. The molecule has 0 saturated carbocycles. The topological polar surface area (TPSA) is 69.7 Å². The van der Waals surface area contributed by atoms with Gasteiger partial charge in [0.1, 0.15) is 0 Å². The fraction of sp³-hybridized carbons (Fsp3) is 0.229. The van der Waals surface area contributed by atoms with Crippen LogP contribution in [0.4, 0.5) is 11.4 Å². The van der Waals surface area contributed by atoms with Crippen LogP contribution in [-0.4, -0.2) is 42.8 Å². The van der Waals surface area contributed by atoms with E-state index >= 15 is 0 Å². The second kappa shape index (κ2) is 11.0. The van der Waals surface area contributed by atoms with Crippen molar-refractivity contribution in [3.05, 3.63) is 120 Å². The Hall–Kier alpha value is -4.71. The van der Waals surface area contributed by atoms with Crippen LogP contribution in [0, 0.1) is 5.41 Å². The molecule has 3 amide bonds. The lowest BCUT2D eigenvalue weighted by atomic mass is 9.72. The summed E-state index contributed by atoms with van der Waals surface area (Å²) >= 11 is 0. The van der Waals surface area contributed by atoms with E-state index in [9.17, 15) is 14.4 Å². The Kier molecular flexibility index (Phi) is 7.14. The average Bonchev–Trinajstić information content (AvgIpc) is 3.17. The van der Waals surface area contributed by atoms with Gasteiger partial charge in [0.15, 0.2) is 0 Å². The van der Waals surface area contributed by atoms with Crippen molar-refractivity contribution in [2.45, 2.75) is 25.7 Å². The zero-order chi connectivity index (χ0) is 28.4. The molecule has 206 valence electrons. The van der Waals surface area contributed by atoms with Gasteiger partial charge >= 0.3 is 0 Å². The van der Waals surface area contributed by atoms with E-state index in [2.05, 4.69) is 5.32 Å². The quantitative estimate of drug-likeness (QED) is 0.322. The maximum Gasteiger partial charge on any atom is 0.258 e. The van der Waals surface area contributed by atoms with Crippen molar-refractivity contribution in [2.75, 3.05) is 30.4 Å². The number of rotatable bonds is 4. The van der Waals surface area contributed by atoms with E-state index in [0.29, 0.717) is 36.2 Å². The van der Waals surface area contributed by atoms with Gasteiger partial charge in [0, 0.05) is 42.6 Å². The van der Waals surface area contributed by atoms with Crippen molar-refractivity contribution < 1.29 is 14.4 Å². The van der Waals surface area contributed by atoms with Gasteiger partial charge in [0.05, 0.1) is 5.41 Å². The van der Waals surface area contributed by atoms with Crippen LogP contribution in [-0.2, 0) is 11.2 Å². The minimum atomic E-state index is -0.470. The highest BCUT2D eigenvalue weighted by atomic mass is 16.2. The molecule has 1 saturated heterocycles. The van der Waals surface area contributed by atoms with E-state index in [1.165, 1.54) is 0 Å². The fourth-order valence-corrected chi connectivity index (χ4v) is 6.30. The highest BCUT2D eigenvalue weighted by Crippen LogP contribution is 2.43. The molecule has 2 aliphatic heterocycles. The van der Waals surface area contributed by atoms with E-state index in [0.717, 1.165) is 41.8 Å². The third kappa shape index (κ3) is 5.13. The van der Waals surface area contributed by atoms with Crippen molar-refractivity contribution >= 4 is 29.1 Å². The highest BCUT2D eigenvalue weighted by Gasteiger charge is 2.45. The largest absolute Gasteiger partial charge is 0.345 e. The van der Waals surface area contributed by atoms with Crippen molar-refractivity contribution in [1.29, 1.82) is 0 Å². The molecule has 6 nitrogen and oxygen atoms in total. The van der Waals surface area contributed by atoms with Crippen LogP contribution in [0.15, 0.2) is 103 Å². The molecule has 1 spiro atoms. The van der Waals surface area contributed by atoms with Crippen LogP contribution in [0.1, 0.15) is 45.5 Å². The van der Waals surface area contributed by atoms with Gasteiger partial charge in [0.25, 0.3) is 11.8 Å². The van der Waals surface area contributed by atoms with Gasteiger partial charge in [-0.2, -0.15) is 0 Å². The molecule has 0 bridgehead atoms. The highest BCUT2D eigenvalue weighted by molar-refractivity contribution is 6.10. The van der Waals surface area contributed by atoms with E-state index in [-0.39, 0.29) is 17.7 Å². The average molecular weight is 544 g/mol. The first-order valence-electron chi connectivity index (χ1n) is 14.2. The lowest BCUT2D eigenvalue weighted by molar-refractivity contribution is -0.145. The van der Waals surface area contributed by atoms with Crippen LogP contribution in [0.3, 0.4) is 0 Å². The molecule has 6 rings (SSSR count). The van der Waals surface area contributed by atoms with Gasteiger partial charge in [-0.15, -0.1) is 0 Å². The second-order valence-corrected chi connectivity index (χ2v) is 11.1. The maximum absolute atomic E-state index is 13.8. The van der Waals surface area contributed by atoms with Crippen LogP contribution < -0.4 is 10.2 Å². The molecule has 1 N–H and O–H groups in total. The molecule has 1 unspecified atom stereocenters. The Morgan fingerprint density at radius 1 is 0.780 bits per heavy atom. The summed E-state index contributed by atoms with van der Waals surface area (Å²) in [6.45, 7) is 1.26. The molecule has 0 radical (unpaired) electrons. The van der Waals surface area contributed by atoms with Crippen LogP contribution in [0.25, 0.3) is 11.1 Å². The predicted molar refractivity (Wildman–Crippen MR) is 162 cm³/mol. The number of hydrogen-bond donors (Lipinski definition) is 1. The third-order valence-electron chi connectivity index (χ3n) is 8.47. The van der Waals surface area contributed by atoms with Crippen molar-refractivity contribution in [3.8, 4) is 11.1 Å². The first kappa shape index (κ1) is 26.5.